The summed E-state index contributed by atoms with van der Waals surface area (Å²) in [7, 11) is 14.3. The first-order chi connectivity index (χ1) is 29.3. The fraction of sp³-hybridized carbons (Fsp3) is 1.00. The highest BCUT2D eigenvalue weighted by Crippen LogP contribution is 2.66. The van der Waals surface area contributed by atoms with Crippen molar-refractivity contribution in [1.82, 2.24) is 39.2 Å². The van der Waals surface area contributed by atoms with Crippen LogP contribution in [0.25, 0.3) is 0 Å². The molecule has 3 heterocycles. The summed E-state index contributed by atoms with van der Waals surface area (Å²) in [6.45, 7) is 37.1. The minimum absolute atomic E-state index is 0.111. The standard InChI is InChI=1S/C53H110N8/c1-14-58(15-2)42-27-34-53(61(18-5)19-6,33-26-37-54(8)9)52(36-44-55(10)11,32-25-43-60-40-21-20-22-41-60)51(35-45-59(16-3)17-4,46-49-28-23-38-56(12)47-49)48(7)30-31-50-29-24-39-57(50)13/h48-50H,14-47H2,1-13H3. The predicted molar refractivity (Wildman–Crippen MR) is 269 cm³/mol. The highest BCUT2D eigenvalue weighted by Gasteiger charge is 2.64. The molecule has 0 radical (unpaired) electrons. The van der Waals surface area contributed by atoms with Crippen molar-refractivity contribution >= 4 is 0 Å². The zero-order valence-electron chi connectivity index (χ0n) is 43.9. The van der Waals surface area contributed by atoms with Gasteiger partial charge < -0.3 is 34.3 Å². The molecule has 8 nitrogen and oxygen atoms in total. The number of hydrogen-bond acceptors (Lipinski definition) is 8. The normalized spacial score (nSPS) is 23.7. The van der Waals surface area contributed by atoms with Gasteiger partial charge in [0.1, 0.15) is 0 Å². The van der Waals surface area contributed by atoms with Gasteiger partial charge in [-0.25, -0.2) is 0 Å². The third-order valence-electron chi connectivity index (χ3n) is 17.6. The average Bonchev–Trinajstić information content (AvgIpc) is 3.67. The van der Waals surface area contributed by atoms with Crippen LogP contribution in [0.5, 0.6) is 0 Å². The van der Waals surface area contributed by atoms with E-state index in [-0.39, 0.29) is 16.4 Å². The molecule has 8 heteroatoms. The minimum Gasteiger partial charge on any atom is -0.309 e. The van der Waals surface area contributed by atoms with Gasteiger partial charge in [-0.3, -0.25) is 4.90 Å². The maximum absolute atomic E-state index is 3.15. The van der Waals surface area contributed by atoms with Gasteiger partial charge in [-0.15, -0.1) is 0 Å². The van der Waals surface area contributed by atoms with Crippen molar-refractivity contribution in [3.05, 3.63) is 0 Å². The summed E-state index contributed by atoms with van der Waals surface area (Å²) in [5, 5.41) is 0. The Hall–Kier alpha value is -0.320. The molecule has 0 aromatic carbocycles. The summed E-state index contributed by atoms with van der Waals surface area (Å²) in [5.74, 6) is 1.42. The second-order valence-corrected chi connectivity index (χ2v) is 21.5. The van der Waals surface area contributed by atoms with Crippen molar-refractivity contribution in [2.24, 2.45) is 22.7 Å². The van der Waals surface area contributed by atoms with Gasteiger partial charge in [-0.1, -0.05) is 54.9 Å². The number of piperidine rings is 2. The molecule has 0 spiro atoms. The fourth-order valence-electron chi connectivity index (χ4n) is 14.0. The lowest BCUT2D eigenvalue weighted by Crippen LogP contribution is -2.69. The Bertz CT molecular complexity index is 1100. The zero-order valence-corrected chi connectivity index (χ0v) is 43.9. The van der Waals surface area contributed by atoms with E-state index in [4.69, 9.17) is 0 Å². The SMILES string of the molecule is CCN(CC)CCCC(CCCN(C)C)(N(CC)CC)C(CCCN1CCCCC1)(CCN(C)C)C(CCN(CC)CC)(CC1CCCN(C)C1)C(C)CCC1CCCN1C. The van der Waals surface area contributed by atoms with Gasteiger partial charge in [-0.2, -0.15) is 0 Å². The molecule has 3 saturated heterocycles. The van der Waals surface area contributed by atoms with Crippen molar-refractivity contribution in [3.63, 3.8) is 0 Å². The van der Waals surface area contributed by atoms with Gasteiger partial charge in [0.05, 0.1) is 0 Å². The summed E-state index contributed by atoms with van der Waals surface area (Å²) < 4.78 is 0. The van der Waals surface area contributed by atoms with Gasteiger partial charge in [0.25, 0.3) is 0 Å². The lowest BCUT2D eigenvalue weighted by atomic mass is 9.42. The second kappa shape index (κ2) is 28.7. The van der Waals surface area contributed by atoms with Gasteiger partial charge >= 0.3 is 0 Å². The van der Waals surface area contributed by atoms with Crippen molar-refractivity contribution in [2.75, 3.05) is 147 Å². The van der Waals surface area contributed by atoms with Crippen molar-refractivity contribution in [2.45, 2.75) is 176 Å². The molecule has 6 atom stereocenters. The maximum Gasteiger partial charge on any atom is 0.0272 e. The molecule has 3 rings (SSSR count). The molecular weight excluding hydrogens is 749 g/mol. The van der Waals surface area contributed by atoms with Crippen molar-refractivity contribution < 1.29 is 0 Å². The molecule has 3 aliphatic rings. The molecule has 0 aliphatic carbocycles. The van der Waals surface area contributed by atoms with Gasteiger partial charge in [0.2, 0.25) is 0 Å². The quantitative estimate of drug-likeness (QED) is 0.0645. The van der Waals surface area contributed by atoms with Gasteiger partial charge in [0.15, 0.2) is 0 Å². The number of hydrogen-bond donors (Lipinski definition) is 0. The summed E-state index contributed by atoms with van der Waals surface area (Å²) in [6.07, 6.45) is 24.5. The largest absolute Gasteiger partial charge is 0.309 e. The summed E-state index contributed by atoms with van der Waals surface area (Å²) in [4.78, 5) is 22.1. The maximum atomic E-state index is 3.15. The van der Waals surface area contributed by atoms with E-state index < -0.39 is 0 Å². The lowest BCUT2D eigenvalue weighted by Gasteiger charge is -2.68. The van der Waals surface area contributed by atoms with E-state index in [0.29, 0.717) is 5.92 Å². The summed E-state index contributed by atoms with van der Waals surface area (Å²) in [6, 6.07) is 0.751. The predicted octanol–water partition coefficient (Wildman–Crippen LogP) is 9.70. The van der Waals surface area contributed by atoms with E-state index in [1.807, 2.05) is 0 Å². The Morgan fingerprint density at radius 1 is 0.590 bits per heavy atom. The van der Waals surface area contributed by atoms with E-state index in [1.54, 1.807) is 0 Å². The molecule has 0 aromatic rings. The van der Waals surface area contributed by atoms with Crippen LogP contribution in [0.15, 0.2) is 0 Å². The topological polar surface area (TPSA) is 25.9 Å². The molecule has 0 aromatic heterocycles. The molecule has 362 valence electrons. The van der Waals surface area contributed by atoms with Gasteiger partial charge in [0, 0.05) is 18.1 Å². The van der Waals surface area contributed by atoms with Crippen molar-refractivity contribution in [1.29, 1.82) is 0 Å². The molecule has 0 bridgehead atoms. The van der Waals surface area contributed by atoms with Crippen LogP contribution in [0.4, 0.5) is 0 Å². The Labute approximate surface area is 383 Å². The first kappa shape index (κ1) is 55.0. The average molecular weight is 860 g/mol. The summed E-state index contributed by atoms with van der Waals surface area (Å²) >= 11 is 0. The Balaban J connectivity index is 2.51. The first-order valence-electron chi connectivity index (χ1n) is 26.9. The molecule has 61 heavy (non-hydrogen) atoms. The van der Waals surface area contributed by atoms with Crippen LogP contribution >= 0.6 is 0 Å². The molecule has 6 unspecified atom stereocenters. The molecule has 3 aliphatic heterocycles. The molecule has 0 saturated carbocycles. The van der Waals surface area contributed by atoms with Crippen molar-refractivity contribution in [3.8, 4) is 0 Å². The van der Waals surface area contributed by atoms with Crippen LogP contribution in [0.2, 0.25) is 0 Å². The second-order valence-electron chi connectivity index (χ2n) is 21.5. The monoisotopic (exact) mass is 859 g/mol. The molecule has 0 N–H and O–H groups in total. The van der Waals surface area contributed by atoms with E-state index in [0.717, 1.165) is 51.2 Å². The minimum atomic E-state index is 0.111. The highest BCUT2D eigenvalue weighted by atomic mass is 15.2. The smallest absolute Gasteiger partial charge is 0.0272 e. The fourth-order valence-corrected chi connectivity index (χ4v) is 14.0. The number of nitrogens with zero attached hydrogens (tertiary/aromatic N) is 8. The third kappa shape index (κ3) is 15.6. The number of rotatable bonds is 33. The van der Waals surface area contributed by atoms with E-state index >= 15 is 0 Å². The van der Waals surface area contributed by atoms with E-state index in [1.165, 1.54) is 181 Å². The Kier molecular flexibility index (Phi) is 25.8. The Morgan fingerprint density at radius 2 is 1.20 bits per heavy atom. The van der Waals surface area contributed by atoms with Crippen LogP contribution in [-0.2, 0) is 0 Å². The van der Waals surface area contributed by atoms with Crippen LogP contribution in [-0.4, -0.2) is 198 Å². The van der Waals surface area contributed by atoms with Gasteiger partial charge in [-0.05, 0) is 272 Å². The van der Waals surface area contributed by atoms with Crippen LogP contribution in [0.1, 0.15) is 164 Å². The zero-order chi connectivity index (χ0) is 44.9. The molecular formula is C53H110N8. The lowest BCUT2D eigenvalue weighted by molar-refractivity contribution is -0.180. The van der Waals surface area contributed by atoms with Crippen LogP contribution in [0.3, 0.4) is 0 Å². The third-order valence-corrected chi connectivity index (χ3v) is 17.6. The van der Waals surface area contributed by atoms with Crippen LogP contribution in [0, 0.1) is 22.7 Å². The highest BCUT2D eigenvalue weighted by molar-refractivity contribution is 5.16. The number of likely N-dealkylation sites (tertiary alicyclic amines) is 3. The van der Waals surface area contributed by atoms with E-state index in [2.05, 4.69) is 130 Å². The first-order valence-corrected chi connectivity index (χ1v) is 26.9. The molecule has 3 fully saturated rings. The Morgan fingerprint density at radius 3 is 1.75 bits per heavy atom. The van der Waals surface area contributed by atoms with Crippen LogP contribution < -0.4 is 0 Å². The van der Waals surface area contributed by atoms with E-state index in [9.17, 15) is 0 Å². The molecule has 0 amide bonds. The summed E-state index contributed by atoms with van der Waals surface area (Å²) in [5.41, 5.74) is 0.481.